The van der Waals surface area contributed by atoms with Crippen molar-refractivity contribution in [3.8, 4) is 0 Å². The summed E-state index contributed by atoms with van der Waals surface area (Å²) in [5.41, 5.74) is 1.94. The molecule has 1 aliphatic rings. The molecule has 0 saturated heterocycles. The lowest BCUT2D eigenvalue weighted by molar-refractivity contribution is -0.105. The Hall–Kier alpha value is -2.24. The third-order valence-electron chi connectivity index (χ3n) is 2.86. The topological polar surface area (TPSA) is 79.5 Å². The van der Waals surface area contributed by atoms with Crippen molar-refractivity contribution in [1.82, 2.24) is 5.32 Å². The highest BCUT2D eigenvalue weighted by molar-refractivity contribution is 5.84. The van der Waals surface area contributed by atoms with Crippen LogP contribution in [0.2, 0.25) is 0 Å². The maximum atomic E-state index is 11.8. The van der Waals surface area contributed by atoms with Crippen LogP contribution in [0.25, 0.3) is 0 Å². The van der Waals surface area contributed by atoms with Gasteiger partial charge < -0.3 is 20.7 Å². The molecule has 0 fully saturated rings. The van der Waals surface area contributed by atoms with E-state index in [2.05, 4.69) is 16.0 Å². The standard InChI is InChI=1S/C14H19N3O3/c1-14(2,3)20-13(19)17-11-7-15-12-9(11)5-4-6-10(12)16-8-18/h4-6,8,11,15H,7H2,1-3H3,(H,16,18)(H,17,19). The van der Waals surface area contributed by atoms with E-state index in [0.717, 1.165) is 11.3 Å². The molecule has 1 aromatic carbocycles. The van der Waals surface area contributed by atoms with Gasteiger partial charge in [-0.2, -0.15) is 0 Å². The molecule has 0 saturated carbocycles. The molecule has 0 bridgehead atoms. The summed E-state index contributed by atoms with van der Waals surface area (Å²) in [5.74, 6) is 0. The summed E-state index contributed by atoms with van der Waals surface area (Å²) in [5, 5.41) is 8.63. The summed E-state index contributed by atoms with van der Waals surface area (Å²) in [4.78, 5) is 22.4. The van der Waals surface area contributed by atoms with Crippen LogP contribution in [0.4, 0.5) is 16.2 Å². The summed E-state index contributed by atoms with van der Waals surface area (Å²) in [6, 6.07) is 5.37. The Kier molecular flexibility index (Phi) is 3.83. The lowest BCUT2D eigenvalue weighted by atomic mass is 10.1. The lowest BCUT2D eigenvalue weighted by Crippen LogP contribution is -2.35. The number of carbonyl (C=O) groups is 2. The van der Waals surface area contributed by atoms with Gasteiger partial charge in [0.05, 0.1) is 17.4 Å². The number of anilines is 2. The molecular weight excluding hydrogens is 258 g/mol. The van der Waals surface area contributed by atoms with Gasteiger partial charge in [0.25, 0.3) is 0 Å². The zero-order chi connectivity index (χ0) is 14.8. The zero-order valence-corrected chi connectivity index (χ0v) is 11.8. The largest absolute Gasteiger partial charge is 0.444 e. The Morgan fingerprint density at radius 2 is 2.20 bits per heavy atom. The van der Waals surface area contributed by atoms with Crippen LogP contribution < -0.4 is 16.0 Å². The Labute approximate surface area is 117 Å². The Morgan fingerprint density at radius 1 is 1.45 bits per heavy atom. The monoisotopic (exact) mass is 277 g/mol. The average Bonchev–Trinajstić information content (AvgIpc) is 2.71. The third-order valence-corrected chi connectivity index (χ3v) is 2.86. The minimum absolute atomic E-state index is 0.173. The quantitative estimate of drug-likeness (QED) is 0.740. The maximum Gasteiger partial charge on any atom is 0.408 e. The molecule has 3 N–H and O–H groups in total. The Morgan fingerprint density at radius 3 is 2.85 bits per heavy atom. The van der Waals surface area contributed by atoms with Crippen molar-refractivity contribution < 1.29 is 14.3 Å². The molecule has 1 heterocycles. The molecular formula is C14H19N3O3. The number of benzene rings is 1. The molecule has 0 aromatic heterocycles. The van der Waals surface area contributed by atoms with Crippen molar-refractivity contribution in [3.63, 3.8) is 0 Å². The first-order valence-corrected chi connectivity index (χ1v) is 6.47. The number of hydrogen-bond donors (Lipinski definition) is 3. The highest BCUT2D eigenvalue weighted by Gasteiger charge is 2.27. The highest BCUT2D eigenvalue weighted by Crippen LogP contribution is 2.35. The van der Waals surface area contributed by atoms with Crippen molar-refractivity contribution >= 4 is 23.9 Å². The van der Waals surface area contributed by atoms with Gasteiger partial charge in [0.1, 0.15) is 5.60 Å². The van der Waals surface area contributed by atoms with Crippen LogP contribution in [0.1, 0.15) is 32.4 Å². The van der Waals surface area contributed by atoms with Gasteiger partial charge >= 0.3 is 6.09 Å². The van der Waals surface area contributed by atoms with Crippen LogP contribution in [0.5, 0.6) is 0 Å². The average molecular weight is 277 g/mol. The van der Waals surface area contributed by atoms with E-state index in [1.165, 1.54) is 0 Å². The zero-order valence-electron chi connectivity index (χ0n) is 11.8. The molecule has 1 aliphatic heterocycles. The summed E-state index contributed by atoms with van der Waals surface area (Å²) in [6.07, 6.45) is 0.178. The first kappa shape index (κ1) is 14.2. The molecule has 2 amide bonds. The van der Waals surface area contributed by atoms with Crippen LogP contribution >= 0.6 is 0 Å². The van der Waals surface area contributed by atoms with E-state index in [4.69, 9.17) is 4.74 Å². The number of carbonyl (C=O) groups excluding carboxylic acids is 2. The fourth-order valence-electron chi connectivity index (χ4n) is 2.13. The number of nitrogens with one attached hydrogen (secondary N) is 3. The van der Waals surface area contributed by atoms with Gasteiger partial charge in [-0.05, 0) is 26.8 Å². The summed E-state index contributed by atoms with van der Waals surface area (Å²) in [7, 11) is 0. The number of hydrogen-bond acceptors (Lipinski definition) is 4. The molecule has 6 nitrogen and oxygen atoms in total. The van der Waals surface area contributed by atoms with Gasteiger partial charge in [-0.25, -0.2) is 4.79 Å². The van der Waals surface area contributed by atoms with E-state index in [9.17, 15) is 9.59 Å². The second kappa shape index (κ2) is 5.40. The molecule has 0 aliphatic carbocycles. The van der Waals surface area contributed by atoms with Crippen molar-refractivity contribution in [2.24, 2.45) is 0 Å². The molecule has 0 radical (unpaired) electrons. The van der Waals surface area contributed by atoms with Crippen molar-refractivity contribution in [2.75, 3.05) is 17.2 Å². The summed E-state index contributed by atoms with van der Waals surface area (Å²) in [6.45, 7) is 6.02. The predicted octanol–water partition coefficient (Wildman–Crippen LogP) is 2.25. The van der Waals surface area contributed by atoms with Crippen LogP contribution in [0, 0.1) is 0 Å². The summed E-state index contributed by atoms with van der Waals surface area (Å²) >= 11 is 0. The number of alkyl carbamates (subject to hydrolysis) is 1. The van der Waals surface area contributed by atoms with Gasteiger partial charge in [-0.3, -0.25) is 4.79 Å². The fourth-order valence-corrected chi connectivity index (χ4v) is 2.13. The van der Waals surface area contributed by atoms with Crippen LogP contribution in [0.3, 0.4) is 0 Å². The lowest BCUT2D eigenvalue weighted by Gasteiger charge is -2.21. The van der Waals surface area contributed by atoms with Gasteiger partial charge in [0.2, 0.25) is 6.41 Å². The number of para-hydroxylation sites is 1. The molecule has 1 unspecified atom stereocenters. The van der Waals surface area contributed by atoms with E-state index in [-0.39, 0.29) is 6.04 Å². The van der Waals surface area contributed by atoms with Gasteiger partial charge in [0.15, 0.2) is 0 Å². The number of rotatable bonds is 3. The molecule has 20 heavy (non-hydrogen) atoms. The van der Waals surface area contributed by atoms with Gasteiger partial charge in [-0.1, -0.05) is 12.1 Å². The van der Waals surface area contributed by atoms with E-state index < -0.39 is 11.7 Å². The maximum absolute atomic E-state index is 11.8. The Bertz CT molecular complexity index is 523. The third kappa shape index (κ3) is 3.20. The van der Waals surface area contributed by atoms with E-state index in [1.54, 1.807) is 6.07 Å². The second-order valence-corrected chi connectivity index (χ2v) is 5.61. The number of amides is 2. The van der Waals surface area contributed by atoms with Crippen molar-refractivity contribution in [3.05, 3.63) is 23.8 Å². The van der Waals surface area contributed by atoms with E-state index in [1.807, 2.05) is 32.9 Å². The van der Waals surface area contributed by atoms with Gasteiger partial charge in [-0.15, -0.1) is 0 Å². The summed E-state index contributed by atoms with van der Waals surface area (Å²) < 4.78 is 5.24. The fraction of sp³-hybridized carbons (Fsp3) is 0.429. The first-order chi connectivity index (χ1) is 9.40. The minimum Gasteiger partial charge on any atom is -0.444 e. The first-order valence-electron chi connectivity index (χ1n) is 6.47. The van der Waals surface area contributed by atoms with Crippen LogP contribution in [-0.4, -0.2) is 24.6 Å². The minimum atomic E-state index is -0.528. The van der Waals surface area contributed by atoms with E-state index in [0.29, 0.717) is 18.6 Å². The van der Waals surface area contributed by atoms with Crippen molar-refractivity contribution in [1.29, 1.82) is 0 Å². The van der Waals surface area contributed by atoms with E-state index >= 15 is 0 Å². The SMILES string of the molecule is CC(C)(C)OC(=O)NC1CNc2c(NC=O)cccc21. The molecule has 1 atom stereocenters. The molecule has 108 valence electrons. The number of fused-ring (bicyclic) bond motifs is 1. The number of ether oxygens (including phenoxy) is 1. The molecule has 1 aromatic rings. The smallest absolute Gasteiger partial charge is 0.408 e. The van der Waals surface area contributed by atoms with Crippen LogP contribution in [0.15, 0.2) is 18.2 Å². The second-order valence-electron chi connectivity index (χ2n) is 5.61. The molecule has 2 rings (SSSR count). The van der Waals surface area contributed by atoms with Crippen molar-refractivity contribution in [2.45, 2.75) is 32.4 Å². The molecule has 0 spiro atoms. The van der Waals surface area contributed by atoms with Crippen LogP contribution in [-0.2, 0) is 9.53 Å². The highest BCUT2D eigenvalue weighted by atomic mass is 16.6. The molecule has 6 heteroatoms. The van der Waals surface area contributed by atoms with Gasteiger partial charge in [0, 0.05) is 12.1 Å². The Balaban J connectivity index is 2.10. The predicted molar refractivity (Wildman–Crippen MR) is 76.7 cm³/mol. The normalized spacial score (nSPS) is 16.9.